The number of hydrazone groups is 1. The van der Waals surface area contributed by atoms with Crippen molar-refractivity contribution < 1.29 is 28.6 Å². The normalized spacial score (nSPS) is 10.4. The first kappa shape index (κ1) is 25.8. The zero-order valence-corrected chi connectivity index (χ0v) is 19.8. The number of hydrogen-bond acceptors (Lipinski definition) is 7. The third-order valence-corrected chi connectivity index (χ3v) is 4.65. The minimum absolute atomic E-state index is 0.191. The molecule has 0 aliphatic rings. The van der Waals surface area contributed by atoms with E-state index in [0.717, 1.165) is 0 Å². The third-order valence-electron chi connectivity index (χ3n) is 4.65. The second kappa shape index (κ2) is 13.1. The maximum absolute atomic E-state index is 12.2. The predicted octanol–water partition coefficient (Wildman–Crippen LogP) is 3.20. The highest BCUT2D eigenvalue weighted by atomic mass is 16.5. The van der Waals surface area contributed by atoms with Gasteiger partial charge in [0.2, 0.25) is 0 Å². The molecule has 0 unspecified atom stereocenters. The van der Waals surface area contributed by atoms with E-state index in [1.54, 1.807) is 72.8 Å². The summed E-state index contributed by atoms with van der Waals surface area (Å²) >= 11 is 0. The molecule has 0 saturated carbocycles. The van der Waals surface area contributed by atoms with Crippen LogP contribution < -0.4 is 30.3 Å². The first-order valence-corrected chi connectivity index (χ1v) is 11.0. The van der Waals surface area contributed by atoms with Crippen LogP contribution >= 0.6 is 0 Å². The van der Waals surface area contributed by atoms with E-state index < -0.39 is 11.8 Å². The van der Waals surface area contributed by atoms with Crippen LogP contribution in [-0.2, 0) is 14.4 Å². The first-order chi connectivity index (χ1) is 17.5. The lowest BCUT2D eigenvalue weighted by Gasteiger charge is -2.10. The minimum atomic E-state index is -0.932. The van der Waals surface area contributed by atoms with E-state index in [0.29, 0.717) is 40.8 Å². The Hall–Kier alpha value is -4.86. The lowest BCUT2D eigenvalue weighted by atomic mass is 10.2. The molecule has 36 heavy (non-hydrogen) atoms. The lowest BCUT2D eigenvalue weighted by Crippen LogP contribution is -2.32. The molecular formula is C26H26N4O6. The molecule has 0 saturated heterocycles. The van der Waals surface area contributed by atoms with Gasteiger partial charge < -0.3 is 24.8 Å². The number of carbonyl (C=O) groups is 3. The fourth-order valence-corrected chi connectivity index (χ4v) is 2.98. The summed E-state index contributed by atoms with van der Waals surface area (Å²) in [7, 11) is 1.52. The number of rotatable bonds is 10. The van der Waals surface area contributed by atoms with E-state index in [-0.39, 0.29) is 12.5 Å². The largest absolute Gasteiger partial charge is 0.495 e. The fraction of sp³-hybridized carbons (Fsp3) is 0.154. The summed E-state index contributed by atoms with van der Waals surface area (Å²) in [5.74, 6) is -0.666. The summed E-state index contributed by atoms with van der Waals surface area (Å²) in [5, 5.41) is 9.01. The monoisotopic (exact) mass is 490 g/mol. The highest BCUT2D eigenvalue weighted by Crippen LogP contribution is 2.24. The van der Waals surface area contributed by atoms with Crippen LogP contribution in [0.4, 0.5) is 11.4 Å². The van der Waals surface area contributed by atoms with Gasteiger partial charge in [-0.2, -0.15) is 5.10 Å². The Morgan fingerprint density at radius 3 is 2.11 bits per heavy atom. The topological polar surface area (TPSA) is 127 Å². The van der Waals surface area contributed by atoms with Gasteiger partial charge in [-0.25, -0.2) is 5.43 Å². The highest BCUT2D eigenvalue weighted by Gasteiger charge is 2.15. The zero-order chi connectivity index (χ0) is 25.8. The Balaban J connectivity index is 1.45. The number of methoxy groups -OCH3 is 1. The summed E-state index contributed by atoms with van der Waals surface area (Å²) in [4.78, 5) is 36.3. The summed E-state index contributed by atoms with van der Waals surface area (Å²) in [6.45, 7) is 2.05. The Morgan fingerprint density at radius 1 is 0.806 bits per heavy atom. The number of anilines is 2. The van der Waals surface area contributed by atoms with Crippen LogP contribution in [0.25, 0.3) is 0 Å². The van der Waals surface area contributed by atoms with Gasteiger partial charge in [0.25, 0.3) is 5.91 Å². The number of ether oxygens (including phenoxy) is 3. The van der Waals surface area contributed by atoms with Crippen LogP contribution in [0.3, 0.4) is 0 Å². The van der Waals surface area contributed by atoms with Gasteiger partial charge in [-0.3, -0.25) is 14.4 Å². The van der Waals surface area contributed by atoms with Gasteiger partial charge in [-0.15, -0.1) is 0 Å². The molecule has 10 heteroatoms. The molecule has 3 aromatic rings. The van der Waals surface area contributed by atoms with Crippen LogP contribution in [0, 0.1) is 0 Å². The van der Waals surface area contributed by atoms with Crippen molar-refractivity contribution in [1.29, 1.82) is 0 Å². The number of nitrogens with zero attached hydrogens (tertiary/aromatic N) is 1. The zero-order valence-electron chi connectivity index (χ0n) is 19.8. The van der Waals surface area contributed by atoms with E-state index in [4.69, 9.17) is 14.2 Å². The third kappa shape index (κ3) is 7.59. The van der Waals surface area contributed by atoms with Crippen molar-refractivity contribution in [3.8, 4) is 17.2 Å². The number of para-hydroxylation sites is 4. The SMILES string of the molecule is CCOc1ccccc1NC(=O)C(=O)N/N=C\c1ccc(OCC(=O)Nc2ccccc2OC)cc1. The second-order valence-corrected chi connectivity index (χ2v) is 7.19. The molecule has 0 radical (unpaired) electrons. The molecule has 0 atom stereocenters. The molecule has 0 spiro atoms. The molecule has 0 bridgehead atoms. The van der Waals surface area contributed by atoms with Crippen LogP contribution in [-0.4, -0.2) is 44.3 Å². The summed E-state index contributed by atoms with van der Waals surface area (Å²) in [5.41, 5.74) is 3.75. The quantitative estimate of drug-likeness (QED) is 0.228. The van der Waals surface area contributed by atoms with Crippen molar-refractivity contribution in [2.75, 3.05) is 31.0 Å². The molecule has 3 aromatic carbocycles. The molecule has 10 nitrogen and oxygen atoms in total. The molecule has 3 amide bonds. The maximum Gasteiger partial charge on any atom is 0.329 e. The van der Waals surface area contributed by atoms with Gasteiger partial charge in [-0.05, 0) is 61.0 Å². The summed E-state index contributed by atoms with van der Waals surface area (Å²) in [6, 6.07) is 20.5. The number of benzene rings is 3. The van der Waals surface area contributed by atoms with Crippen molar-refractivity contribution in [2.45, 2.75) is 6.92 Å². The van der Waals surface area contributed by atoms with Gasteiger partial charge in [0, 0.05) is 0 Å². The van der Waals surface area contributed by atoms with Gasteiger partial charge >= 0.3 is 11.8 Å². The Kier molecular flexibility index (Phi) is 9.40. The first-order valence-electron chi connectivity index (χ1n) is 11.0. The van der Waals surface area contributed by atoms with Gasteiger partial charge in [0.15, 0.2) is 6.61 Å². The Labute approximate surface area is 208 Å². The summed E-state index contributed by atoms with van der Waals surface area (Å²) < 4.78 is 16.1. The fourth-order valence-electron chi connectivity index (χ4n) is 2.98. The molecule has 3 N–H and O–H groups in total. The van der Waals surface area contributed by atoms with Crippen LogP contribution in [0.1, 0.15) is 12.5 Å². The van der Waals surface area contributed by atoms with Crippen molar-refractivity contribution >= 4 is 35.3 Å². The van der Waals surface area contributed by atoms with Crippen LogP contribution in [0.5, 0.6) is 17.2 Å². The van der Waals surface area contributed by atoms with Crippen molar-refractivity contribution in [3.05, 3.63) is 78.4 Å². The van der Waals surface area contributed by atoms with Crippen LogP contribution in [0.2, 0.25) is 0 Å². The predicted molar refractivity (Wildman–Crippen MR) is 136 cm³/mol. The van der Waals surface area contributed by atoms with E-state index in [9.17, 15) is 14.4 Å². The number of nitrogens with one attached hydrogen (secondary N) is 3. The molecular weight excluding hydrogens is 464 g/mol. The number of amides is 3. The van der Waals surface area contributed by atoms with Crippen LogP contribution in [0.15, 0.2) is 77.9 Å². The summed E-state index contributed by atoms with van der Waals surface area (Å²) in [6.07, 6.45) is 1.37. The molecule has 186 valence electrons. The smallest absolute Gasteiger partial charge is 0.329 e. The number of hydrogen-bond donors (Lipinski definition) is 3. The highest BCUT2D eigenvalue weighted by molar-refractivity contribution is 6.39. The average molecular weight is 491 g/mol. The Morgan fingerprint density at radius 2 is 1.44 bits per heavy atom. The second-order valence-electron chi connectivity index (χ2n) is 7.19. The van der Waals surface area contributed by atoms with Gasteiger partial charge in [0.05, 0.1) is 31.3 Å². The van der Waals surface area contributed by atoms with E-state index >= 15 is 0 Å². The van der Waals surface area contributed by atoms with Gasteiger partial charge in [0.1, 0.15) is 17.2 Å². The molecule has 0 aliphatic heterocycles. The van der Waals surface area contributed by atoms with Crippen molar-refractivity contribution in [3.63, 3.8) is 0 Å². The van der Waals surface area contributed by atoms with Crippen molar-refractivity contribution in [1.82, 2.24) is 5.43 Å². The molecule has 0 fully saturated rings. The lowest BCUT2D eigenvalue weighted by molar-refractivity contribution is -0.136. The van der Waals surface area contributed by atoms with E-state index in [1.165, 1.54) is 13.3 Å². The molecule has 3 rings (SSSR count). The maximum atomic E-state index is 12.2. The molecule has 0 heterocycles. The van der Waals surface area contributed by atoms with E-state index in [1.807, 2.05) is 6.92 Å². The minimum Gasteiger partial charge on any atom is -0.495 e. The average Bonchev–Trinajstić information content (AvgIpc) is 2.89. The molecule has 0 aromatic heterocycles. The standard InChI is InChI=1S/C26H26N4O6/c1-3-35-23-11-7-5-9-21(23)29-25(32)26(33)30-27-16-18-12-14-19(15-13-18)36-17-24(31)28-20-8-4-6-10-22(20)34-2/h4-16H,3,17H2,1-2H3,(H,28,31)(H,29,32)(H,30,33)/b27-16-. The Bertz CT molecular complexity index is 1230. The number of carbonyl (C=O) groups excluding carboxylic acids is 3. The van der Waals surface area contributed by atoms with E-state index in [2.05, 4.69) is 21.2 Å². The van der Waals surface area contributed by atoms with Crippen molar-refractivity contribution in [2.24, 2.45) is 5.10 Å². The molecule has 0 aliphatic carbocycles. The van der Waals surface area contributed by atoms with Gasteiger partial charge in [-0.1, -0.05) is 24.3 Å².